The van der Waals surface area contributed by atoms with Gasteiger partial charge >= 0.3 is 5.97 Å². The van der Waals surface area contributed by atoms with Crippen LogP contribution in [-0.4, -0.2) is 35.9 Å². The summed E-state index contributed by atoms with van der Waals surface area (Å²) in [6.45, 7) is 0.893. The molecule has 0 aromatic carbocycles. The number of hydrogen-bond acceptors (Lipinski definition) is 3. The van der Waals surface area contributed by atoms with Crippen molar-refractivity contribution in [1.29, 1.82) is 0 Å². The zero-order valence-electron chi connectivity index (χ0n) is 17.3. The van der Waals surface area contributed by atoms with E-state index in [1.54, 1.807) is 0 Å². The van der Waals surface area contributed by atoms with Gasteiger partial charge in [0.05, 0.1) is 11.0 Å². The largest absolute Gasteiger partial charge is 0.462 e. The molecule has 8 aliphatic carbocycles. The molecule has 0 radical (unpaired) electrons. The first-order valence-corrected chi connectivity index (χ1v) is 12.2. The summed E-state index contributed by atoms with van der Waals surface area (Å²) in [5.41, 5.74) is 0.192. The highest BCUT2D eigenvalue weighted by Crippen LogP contribution is 2.60. The third kappa shape index (κ3) is 3.05. The van der Waals surface area contributed by atoms with Gasteiger partial charge in [0.1, 0.15) is 19.3 Å². The average Bonchev–Trinajstić information content (AvgIpc) is 2.62. The lowest BCUT2D eigenvalue weighted by atomic mass is 9.49. The van der Waals surface area contributed by atoms with Crippen LogP contribution in [0.15, 0.2) is 0 Å². The van der Waals surface area contributed by atoms with Crippen LogP contribution in [0, 0.1) is 40.9 Å². The molecule has 0 saturated heterocycles. The molecule has 0 heterocycles. The van der Waals surface area contributed by atoms with E-state index in [0.717, 1.165) is 54.8 Å². The normalized spacial score (nSPS) is 51.5. The van der Waals surface area contributed by atoms with Gasteiger partial charge in [-0.15, -0.1) is 0 Å². The fourth-order valence-corrected chi connectivity index (χ4v) is 9.57. The van der Waals surface area contributed by atoms with Crippen molar-refractivity contribution >= 4 is 5.97 Å². The van der Waals surface area contributed by atoms with Gasteiger partial charge in [-0.05, 0) is 93.3 Å². The highest BCUT2D eigenvalue weighted by atomic mass is 16.5. The fourth-order valence-electron chi connectivity index (χ4n) is 9.57. The maximum Gasteiger partial charge on any atom is 0.312 e. The van der Waals surface area contributed by atoms with Crippen LogP contribution in [0.25, 0.3) is 0 Å². The molecular formula is C24H38NO3+. The molecule has 8 fully saturated rings. The number of carbonyl (C=O) groups is 1. The van der Waals surface area contributed by atoms with Gasteiger partial charge in [0.25, 0.3) is 0 Å². The second kappa shape index (κ2) is 6.44. The van der Waals surface area contributed by atoms with Crippen molar-refractivity contribution in [3.63, 3.8) is 0 Å². The third-order valence-electron chi connectivity index (χ3n) is 9.79. The molecule has 8 rings (SSSR count). The zero-order valence-corrected chi connectivity index (χ0v) is 17.3. The highest BCUT2D eigenvalue weighted by molar-refractivity contribution is 5.77. The molecule has 8 bridgehead atoms. The Bertz CT molecular complexity index is 573. The summed E-state index contributed by atoms with van der Waals surface area (Å²) >= 11 is 0. The van der Waals surface area contributed by atoms with Crippen molar-refractivity contribution in [3.8, 4) is 0 Å². The molecular weight excluding hydrogens is 350 g/mol. The van der Waals surface area contributed by atoms with E-state index in [9.17, 15) is 9.90 Å². The summed E-state index contributed by atoms with van der Waals surface area (Å²) in [7, 11) is 0. The molecule has 4 nitrogen and oxygen atoms in total. The Morgan fingerprint density at radius 3 is 1.71 bits per heavy atom. The summed E-state index contributed by atoms with van der Waals surface area (Å²) in [6.07, 6.45) is 15.1. The monoisotopic (exact) mass is 388 g/mol. The second-order valence-electron chi connectivity index (χ2n) is 12.2. The first kappa shape index (κ1) is 18.2. The smallest absolute Gasteiger partial charge is 0.312 e. The number of aliphatic hydroxyl groups is 1. The molecule has 0 spiro atoms. The Morgan fingerprint density at radius 1 is 0.821 bits per heavy atom. The number of carbonyl (C=O) groups excluding carboxylic acids is 1. The van der Waals surface area contributed by atoms with Gasteiger partial charge in [-0.3, -0.25) is 4.79 Å². The number of rotatable bonds is 6. The van der Waals surface area contributed by atoms with Crippen molar-refractivity contribution in [2.24, 2.45) is 40.9 Å². The Hall–Kier alpha value is -0.610. The lowest BCUT2D eigenvalue weighted by Gasteiger charge is -2.55. The van der Waals surface area contributed by atoms with E-state index in [-0.39, 0.29) is 18.0 Å². The van der Waals surface area contributed by atoms with Gasteiger partial charge in [0.2, 0.25) is 0 Å². The van der Waals surface area contributed by atoms with Crippen molar-refractivity contribution in [1.82, 2.24) is 0 Å². The van der Waals surface area contributed by atoms with Crippen molar-refractivity contribution in [3.05, 3.63) is 0 Å². The van der Waals surface area contributed by atoms with E-state index < -0.39 is 6.10 Å². The third-order valence-corrected chi connectivity index (χ3v) is 9.79. The van der Waals surface area contributed by atoms with E-state index in [1.807, 2.05) is 0 Å². The van der Waals surface area contributed by atoms with E-state index in [4.69, 9.17) is 4.74 Å². The Kier molecular flexibility index (Phi) is 4.18. The molecule has 0 unspecified atom stereocenters. The molecule has 4 heteroatoms. The van der Waals surface area contributed by atoms with E-state index in [0.29, 0.717) is 12.1 Å². The second-order valence-corrected chi connectivity index (χ2v) is 12.2. The molecule has 8 aliphatic rings. The minimum atomic E-state index is -0.522. The van der Waals surface area contributed by atoms with E-state index in [2.05, 4.69) is 5.32 Å². The van der Waals surface area contributed by atoms with Crippen LogP contribution in [0.1, 0.15) is 77.0 Å². The molecule has 1 atom stereocenters. The topological polar surface area (TPSA) is 63.1 Å². The van der Waals surface area contributed by atoms with Crippen molar-refractivity contribution in [2.75, 3.05) is 13.2 Å². The van der Waals surface area contributed by atoms with Gasteiger partial charge in [-0.2, -0.15) is 0 Å². The lowest BCUT2D eigenvalue weighted by Crippen LogP contribution is -3.00. The van der Waals surface area contributed by atoms with Gasteiger partial charge in [-0.25, -0.2) is 0 Å². The molecule has 0 aromatic heterocycles. The van der Waals surface area contributed by atoms with Crippen LogP contribution in [0.5, 0.6) is 0 Å². The van der Waals surface area contributed by atoms with Crippen LogP contribution in [0.4, 0.5) is 0 Å². The van der Waals surface area contributed by atoms with Gasteiger partial charge in [0.15, 0.2) is 0 Å². The first-order chi connectivity index (χ1) is 13.5. The molecule has 3 N–H and O–H groups in total. The SMILES string of the molecule is O=C(OC[C@H](O)C[NH2+]C12CC3CC(CC(C3)C1)C2)C12CC3CC(CC(C3)C1)C2. The van der Waals surface area contributed by atoms with E-state index in [1.165, 1.54) is 57.8 Å². The lowest BCUT2D eigenvalue weighted by molar-refractivity contribution is -0.743. The molecule has 8 saturated carbocycles. The quantitative estimate of drug-likeness (QED) is 0.688. The number of nitrogens with two attached hydrogens (primary N) is 1. The van der Waals surface area contributed by atoms with Crippen LogP contribution in [-0.2, 0) is 9.53 Å². The number of aliphatic hydroxyl groups excluding tert-OH is 1. The predicted molar refractivity (Wildman–Crippen MR) is 105 cm³/mol. The number of esters is 1. The summed E-state index contributed by atoms with van der Waals surface area (Å²) < 4.78 is 5.75. The van der Waals surface area contributed by atoms with Crippen molar-refractivity contribution < 1.29 is 20.0 Å². The zero-order chi connectivity index (χ0) is 18.9. The average molecular weight is 389 g/mol. The van der Waals surface area contributed by atoms with Crippen LogP contribution in [0.2, 0.25) is 0 Å². The summed E-state index contributed by atoms with van der Waals surface area (Å²) in [5, 5.41) is 13.0. The van der Waals surface area contributed by atoms with Crippen LogP contribution < -0.4 is 5.32 Å². The Balaban J connectivity index is 1.02. The maximum atomic E-state index is 13.0. The van der Waals surface area contributed by atoms with Crippen LogP contribution in [0.3, 0.4) is 0 Å². The molecule has 0 aliphatic heterocycles. The summed E-state index contributed by atoms with van der Waals surface area (Å²) in [4.78, 5) is 13.0. The maximum absolute atomic E-state index is 13.0. The minimum Gasteiger partial charge on any atom is -0.462 e. The van der Waals surface area contributed by atoms with E-state index >= 15 is 0 Å². The standard InChI is InChI=1S/C24H37NO3/c26-21(13-25-24-10-18-4-19(11-24)6-20(5-18)12-24)14-28-22(27)23-7-15-1-16(8-23)3-17(2-15)9-23/h15-21,25-26H,1-14H2/p+1/t15?,16?,17?,18?,19?,20?,21-,23?,24?/m1/s1. The number of quaternary nitrogens is 1. The summed E-state index contributed by atoms with van der Waals surface area (Å²) in [6, 6.07) is 0. The fraction of sp³-hybridized carbons (Fsp3) is 0.958. The van der Waals surface area contributed by atoms with Crippen molar-refractivity contribution in [2.45, 2.75) is 88.7 Å². The van der Waals surface area contributed by atoms with Gasteiger partial charge in [0, 0.05) is 19.3 Å². The molecule has 0 aromatic rings. The predicted octanol–water partition coefficient (Wildman–Crippen LogP) is 2.64. The van der Waals surface area contributed by atoms with Crippen LogP contribution >= 0.6 is 0 Å². The first-order valence-electron chi connectivity index (χ1n) is 12.2. The summed E-state index contributed by atoms with van der Waals surface area (Å²) in [5.74, 6) is 5.10. The van der Waals surface area contributed by atoms with Gasteiger partial charge in [-0.1, -0.05) is 0 Å². The minimum absolute atomic E-state index is 0.0143. The van der Waals surface area contributed by atoms with Gasteiger partial charge < -0.3 is 15.2 Å². The Morgan fingerprint density at radius 2 is 1.25 bits per heavy atom. The molecule has 156 valence electrons. The molecule has 28 heavy (non-hydrogen) atoms. The molecule has 0 amide bonds. The number of ether oxygens (including phenoxy) is 1. The highest BCUT2D eigenvalue weighted by Gasteiger charge is 2.56. The Labute approximate surface area is 169 Å². The number of hydrogen-bond donors (Lipinski definition) is 2.